The number of ether oxygens (including phenoxy) is 1. The maximum absolute atomic E-state index is 13.0. The van der Waals surface area contributed by atoms with Crippen LogP contribution in [0.2, 0.25) is 0 Å². The summed E-state index contributed by atoms with van der Waals surface area (Å²) >= 11 is 0. The highest BCUT2D eigenvalue weighted by Gasteiger charge is 2.30. The highest BCUT2D eigenvalue weighted by molar-refractivity contribution is 7.92. The molecule has 0 aliphatic carbocycles. The number of urea groups is 1. The van der Waals surface area contributed by atoms with Crippen LogP contribution in [-0.2, 0) is 21.2 Å². The molecule has 3 aromatic rings. The van der Waals surface area contributed by atoms with Gasteiger partial charge in [0.05, 0.1) is 23.3 Å². The van der Waals surface area contributed by atoms with Crippen LogP contribution in [0.3, 0.4) is 0 Å². The SMILES string of the molecule is COC(=O)c1cccc(NC(=O)Nc2ccc3c(c2)CCN3S(=O)(=O)c2ccccc2)c1. The second kappa shape index (κ2) is 8.72. The topological polar surface area (TPSA) is 105 Å². The molecule has 0 radical (unpaired) electrons. The van der Waals surface area contributed by atoms with Crippen molar-refractivity contribution in [2.75, 3.05) is 28.6 Å². The molecule has 0 bridgehead atoms. The normalized spacial score (nSPS) is 12.7. The van der Waals surface area contributed by atoms with Gasteiger partial charge in [-0.1, -0.05) is 24.3 Å². The number of sulfonamides is 1. The van der Waals surface area contributed by atoms with E-state index >= 15 is 0 Å². The summed E-state index contributed by atoms with van der Waals surface area (Å²) in [7, 11) is -2.36. The van der Waals surface area contributed by atoms with E-state index < -0.39 is 22.0 Å². The predicted octanol–water partition coefficient (Wildman–Crippen LogP) is 3.87. The number of methoxy groups -OCH3 is 1. The zero-order valence-corrected chi connectivity index (χ0v) is 18.1. The molecular formula is C23H21N3O5S. The Kier molecular flexibility index (Phi) is 5.83. The Morgan fingerprint density at radius 1 is 0.906 bits per heavy atom. The van der Waals surface area contributed by atoms with Crippen LogP contribution in [0.25, 0.3) is 0 Å². The molecule has 3 aromatic carbocycles. The fraction of sp³-hybridized carbons (Fsp3) is 0.130. The Balaban J connectivity index is 1.47. The number of nitrogens with one attached hydrogen (secondary N) is 2. The first-order valence-corrected chi connectivity index (χ1v) is 11.3. The van der Waals surface area contributed by atoms with Gasteiger partial charge in [0.1, 0.15) is 0 Å². The third-order valence-electron chi connectivity index (χ3n) is 5.06. The minimum absolute atomic E-state index is 0.239. The van der Waals surface area contributed by atoms with Gasteiger partial charge < -0.3 is 15.4 Å². The summed E-state index contributed by atoms with van der Waals surface area (Å²) in [6.07, 6.45) is 0.541. The van der Waals surface area contributed by atoms with Gasteiger partial charge >= 0.3 is 12.0 Å². The number of hydrogen-bond acceptors (Lipinski definition) is 5. The zero-order chi connectivity index (χ0) is 22.7. The number of esters is 1. The van der Waals surface area contributed by atoms with Crippen LogP contribution in [0.4, 0.5) is 21.9 Å². The summed E-state index contributed by atoms with van der Waals surface area (Å²) in [5, 5.41) is 5.40. The van der Waals surface area contributed by atoms with E-state index in [0.29, 0.717) is 35.6 Å². The van der Waals surface area contributed by atoms with E-state index in [1.807, 2.05) is 0 Å². The molecule has 1 heterocycles. The number of fused-ring (bicyclic) bond motifs is 1. The third-order valence-corrected chi connectivity index (χ3v) is 6.89. The number of benzene rings is 3. The van der Waals surface area contributed by atoms with Crippen molar-refractivity contribution < 1.29 is 22.7 Å². The molecule has 9 heteroatoms. The molecule has 0 atom stereocenters. The van der Waals surface area contributed by atoms with Gasteiger partial charge in [0.2, 0.25) is 0 Å². The minimum atomic E-state index is -3.65. The first-order valence-electron chi connectivity index (χ1n) is 9.85. The van der Waals surface area contributed by atoms with Gasteiger partial charge in [-0.15, -0.1) is 0 Å². The van der Waals surface area contributed by atoms with Gasteiger partial charge in [-0.05, 0) is 60.5 Å². The molecule has 1 aliphatic rings. The van der Waals surface area contributed by atoms with E-state index in [0.717, 1.165) is 5.56 Å². The van der Waals surface area contributed by atoms with E-state index in [2.05, 4.69) is 15.4 Å². The van der Waals surface area contributed by atoms with Crippen molar-refractivity contribution in [2.24, 2.45) is 0 Å². The third kappa shape index (κ3) is 4.28. The molecular weight excluding hydrogens is 430 g/mol. The Morgan fingerprint density at radius 3 is 2.34 bits per heavy atom. The van der Waals surface area contributed by atoms with Crippen LogP contribution < -0.4 is 14.9 Å². The predicted molar refractivity (Wildman–Crippen MR) is 122 cm³/mol. The molecule has 0 saturated heterocycles. The smallest absolute Gasteiger partial charge is 0.337 e. The molecule has 8 nitrogen and oxygen atoms in total. The van der Waals surface area contributed by atoms with Crippen LogP contribution >= 0.6 is 0 Å². The van der Waals surface area contributed by atoms with Gasteiger partial charge in [0.15, 0.2) is 0 Å². The largest absolute Gasteiger partial charge is 0.465 e. The molecule has 0 aromatic heterocycles. The van der Waals surface area contributed by atoms with E-state index in [1.165, 1.54) is 17.5 Å². The Bertz CT molecular complexity index is 1280. The van der Waals surface area contributed by atoms with E-state index in [1.54, 1.807) is 66.7 Å². The summed E-state index contributed by atoms with van der Waals surface area (Å²) in [6, 6.07) is 19.3. The van der Waals surface area contributed by atoms with Crippen LogP contribution in [0.5, 0.6) is 0 Å². The lowest BCUT2D eigenvalue weighted by atomic mass is 10.1. The number of rotatable bonds is 5. The summed E-state index contributed by atoms with van der Waals surface area (Å²) in [4.78, 5) is 24.3. The van der Waals surface area contributed by atoms with Crippen molar-refractivity contribution in [2.45, 2.75) is 11.3 Å². The lowest BCUT2D eigenvalue weighted by Gasteiger charge is -2.19. The van der Waals surface area contributed by atoms with E-state index in [9.17, 15) is 18.0 Å². The summed E-state index contributed by atoms with van der Waals surface area (Å²) in [5.74, 6) is -0.498. The van der Waals surface area contributed by atoms with Crippen molar-refractivity contribution >= 4 is 39.1 Å². The quantitative estimate of drug-likeness (QED) is 0.573. The first kappa shape index (κ1) is 21.4. The maximum Gasteiger partial charge on any atom is 0.337 e. The number of nitrogens with zero attached hydrogens (tertiary/aromatic N) is 1. The highest BCUT2D eigenvalue weighted by Crippen LogP contribution is 2.34. The van der Waals surface area contributed by atoms with Gasteiger partial charge in [0.25, 0.3) is 10.0 Å². The van der Waals surface area contributed by atoms with Crippen molar-refractivity contribution in [3.05, 3.63) is 83.9 Å². The molecule has 2 N–H and O–H groups in total. The average molecular weight is 452 g/mol. The lowest BCUT2D eigenvalue weighted by molar-refractivity contribution is 0.0600. The molecule has 0 spiro atoms. The number of amides is 2. The fourth-order valence-electron chi connectivity index (χ4n) is 3.55. The Hall–Kier alpha value is -3.85. The van der Waals surface area contributed by atoms with Crippen molar-refractivity contribution in [1.82, 2.24) is 0 Å². The summed E-state index contributed by atoms with van der Waals surface area (Å²) < 4.78 is 32.0. The maximum atomic E-state index is 13.0. The molecule has 4 rings (SSSR count). The molecule has 0 unspecified atom stereocenters. The van der Waals surface area contributed by atoms with Gasteiger partial charge in [0, 0.05) is 17.9 Å². The van der Waals surface area contributed by atoms with Crippen molar-refractivity contribution in [3.63, 3.8) is 0 Å². The van der Waals surface area contributed by atoms with Crippen molar-refractivity contribution in [1.29, 1.82) is 0 Å². The van der Waals surface area contributed by atoms with E-state index in [-0.39, 0.29) is 4.90 Å². The monoisotopic (exact) mass is 451 g/mol. The molecule has 0 fully saturated rings. The average Bonchev–Trinajstić information content (AvgIpc) is 3.23. The van der Waals surface area contributed by atoms with Gasteiger partial charge in [-0.25, -0.2) is 18.0 Å². The Morgan fingerprint density at radius 2 is 1.62 bits per heavy atom. The van der Waals surface area contributed by atoms with Crippen LogP contribution in [-0.4, -0.2) is 34.1 Å². The number of anilines is 3. The molecule has 2 amide bonds. The van der Waals surface area contributed by atoms with Crippen LogP contribution in [0.15, 0.2) is 77.7 Å². The number of hydrogen-bond donors (Lipinski definition) is 2. The summed E-state index contributed by atoms with van der Waals surface area (Å²) in [5.41, 5.74) is 2.72. The molecule has 164 valence electrons. The molecule has 1 aliphatic heterocycles. The zero-order valence-electron chi connectivity index (χ0n) is 17.2. The second-order valence-electron chi connectivity index (χ2n) is 7.14. The van der Waals surface area contributed by atoms with E-state index in [4.69, 9.17) is 0 Å². The summed E-state index contributed by atoms with van der Waals surface area (Å²) in [6.45, 7) is 0.336. The van der Waals surface area contributed by atoms with Crippen LogP contribution in [0.1, 0.15) is 15.9 Å². The minimum Gasteiger partial charge on any atom is -0.465 e. The Labute approximate surface area is 185 Å². The fourth-order valence-corrected chi connectivity index (χ4v) is 5.08. The number of carbonyl (C=O) groups excluding carboxylic acids is 2. The number of carbonyl (C=O) groups is 2. The van der Waals surface area contributed by atoms with Crippen LogP contribution in [0, 0.1) is 0 Å². The standard InChI is InChI=1S/C23H21N3O5S/c1-31-22(27)17-6-5-7-18(15-17)24-23(28)25-19-10-11-21-16(14-19)12-13-26(21)32(29,30)20-8-3-2-4-9-20/h2-11,14-15H,12-13H2,1H3,(H2,24,25,28). The molecule has 0 saturated carbocycles. The second-order valence-corrected chi connectivity index (χ2v) is 9.00. The van der Waals surface area contributed by atoms with Gasteiger partial charge in [-0.3, -0.25) is 4.31 Å². The van der Waals surface area contributed by atoms with Gasteiger partial charge in [-0.2, -0.15) is 0 Å². The van der Waals surface area contributed by atoms with Crippen molar-refractivity contribution in [3.8, 4) is 0 Å². The molecule has 32 heavy (non-hydrogen) atoms. The first-order chi connectivity index (χ1) is 15.4. The lowest BCUT2D eigenvalue weighted by Crippen LogP contribution is -2.29. The highest BCUT2D eigenvalue weighted by atomic mass is 32.2.